The average Bonchev–Trinajstić information content (AvgIpc) is 1.27. The highest BCUT2D eigenvalue weighted by molar-refractivity contribution is 14.1. The molecule has 0 saturated heterocycles. The maximum absolute atomic E-state index is 3.67. The van der Waals surface area contributed by atoms with Gasteiger partial charge in [-0.25, -0.2) is 0 Å². The lowest BCUT2D eigenvalue weighted by Crippen LogP contribution is -2.17. The molecule has 1 N–H and O–H groups in total. The summed E-state index contributed by atoms with van der Waals surface area (Å²) in [6.45, 7) is 7.85. The molecule has 0 atom stereocenters. The summed E-state index contributed by atoms with van der Waals surface area (Å²) in [6.07, 6.45) is 0. The molecule has 0 amide bonds. The van der Waals surface area contributed by atoms with Gasteiger partial charge in [0, 0.05) is 6.04 Å². The van der Waals surface area contributed by atoms with E-state index in [-0.39, 0.29) is 0 Å². The Morgan fingerprint density at radius 2 is 2.14 bits per heavy atom. The van der Waals surface area contributed by atoms with E-state index < -0.39 is 0 Å². The summed E-state index contributed by atoms with van der Waals surface area (Å²) in [5.74, 6) is 0. The number of rotatable bonds is 2. The molecule has 0 unspecified atom stereocenters. The van der Waals surface area contributed by atoms with Gasteiger partial charge in [-0.1, -0.05) is 6.58 Å². The quantitative estimate of drug-likeness (QED) is 0.543. The molecule has 0 radical (unpaired) electrons. The van der Waals surface area contributed by atoms with Crippen LogP contribution in [0.15, 0.2) is 10.3 Å². The Morgan fingerprint density at radius 3 is 2.14 bits per heavy atom. The Labute approximate surface area is 58.3 Å². The first-order valence-electron chi connectivity index (χ1n) is 2.24. The molecule has 1 nitrogen and oxygen atoms in total. The van der Waals surface area contributed by atoms with Gasteiger partial charge in [0.05, 0.1) is 3.70 Å². The van der Waals surface area contributed by atoms with Crippen molar-refractivity contribution in [1.82, 2.24) is 5.32 Å². The molecule has 0 aromatic carbocycles. The minimum atomic E-state index is 0.518. The van der Waals surface area contributed by atoms with Crippen LogP contribution in [0.1, 0.15) is 13.8 Å². The van der Waals surface area contributed by atoms with E-state index in [2.05, 4.69) is 48.3 Å². The van der Waals surface area contributed by atoms with Crippen molar-refractivity contribution in [1.29, 1.82) is 0 Å². The molecule has 0 aliphatic carbocycles. The van der Waals surface area contributed by atoms with Gasteiger partial charge in [0.2, 0.25) is 0 Å². The van der Waals surface area contributed by atoms with Gasteiger partial charge < -0.3 is 5.32 Å². The Balaban J connectivity index is 3.13. The fraction of sp³-hybridized carbons (Fsp3) is 0.600. The third-order valence-electron chi connectivity index (χ3n) is 0.445. The topological polar surface area (TPSA) is 12.0 Å². The molecule has 0 fully saturated rings. The molecule has 7 heavy (non-hydrogen) atoms. The molecule has 42 valence electrons. The van der Waals surface area contributed by atoms with Crippen LogP contribution in [0, 0.1) is 0 Å². The molecular weight excluding hydrogens is 201 g/mol. The largest absolute Gasteiger partial charge is 0.378 e. The van der Waals surface area contributed by atoms with Crippen molar-refractivity contribution in [2.75, 3.05) is 0 Å². The zero-order chi connectivity index (χ0) is 5.86. The highest BCUT2D eigenvalue weighted by Gasteiger charge is 1.87. The Kier molecular flexibility index (Phi) is 3.42. The van der Waals surface area contributed by atoms with Gasteiger partial charge in [0.25, 0.3) is 0 Å². The van der Waals surface area contributed by atoms with Crippen LogP contribution in [0.5, 0.6) is 0 Å². The van der Waals surface area contributed by atoms with Gasteiger partial charge in [-0.15, -0.1) is 0 Å². The van der Waals surface area contributed by atoms with Crippen LogP contribution in [0.2, 0.25) is 0 Å². The Bertz CT molecular complexity index is 68.5. The zero-order valence-electron chi connectivity index (χ0n) is 4.66. The van der Waals surface area contributed by atoms with Crippen LogP contribution in [0.3, 0.4) is 0 Å². The smallest absolute Gasteiger partial charge is 0.0660 e. The lowest BCUT2D eigenvalue weighted by Gasteiger charge is -2.05. The average molecular weight is 211 g/mol. The predicted molar refractivity (Wildman–Crippen MR) is 41.4 cm³/mol. The third kappa shape index (κ3) is 6.27. The van der Waals surface area contributed by atoms with Crippen molar-refractivity contribution in [2.45, 2.75) is 19.9 Å². The van der Waals surface area contributed by atoms with Gasteiger partial charge in [0.1, 0.15) is 0 Å². The summed E-state index contributed by atoms with van der Waals surface area (Å²) in [6, 6.07) is 0.518. The van der Waals surface area contributed by atoms with Crippen LogP contribution in [-0.4, -0.2) is 6.04 Å². The summed E-state index contributed by atoms with van der Waals surface area (Å²) in [4.78, 5) is 0. The van der Waals surface area contributed by atoms with E-state index in [1.54, 1.807) is 0 Å². The molecule has 0 rings (SSSR count). The summed E-state index contributed by atoms with van der Waals surface area (Å²) < 4.78 is 1.01. The second kappa shape index (κ2) is 3.29. The molecule has 0 saturated carbocycles. The van der Waals surface area contributed by atoms with Crippen molar-refractivity contribution in [2.24, 2.45) is 0 Å². The van der Waals surface area contributed by atoms with Crippen LogP contribution in [0.25, 0.3) is 0 Å². The molecule has 0 heterocycles. The SMILES string of the molecule is C=C(I)NC(C)C. The van der Waals surface area contributed by atoms with Gasteiger partial charge in [-0.05, 0) is 36.4 Å². The molecular formula is C5H10IN. The maximum atomic E-state index is 3.67. The van der Waals surface area contributed by atoms with Crippen LogP contribution >= 0.6 is 22.6 Å². The fourth-order valence-corrected chi connectivity index (χ4v) is 0.936. The summed E-state index contributed by atoms with van der Waals surface area (Å²) in [5.41, 5.74) is 0. The predicted octanol–water partition coefficient (Wildman–Crippen LogP) is 1.89. The minimum Gasteiger partial charge on any atom is -0.378 e. The van der Waals surface area contributed by atoms with Crippen LogP contribution < -0.4 is 5.32 Å². The number of hydrogen-bond acceptors (Lipinski definition) is 1. The van der Waals surface area contributed by atoms with E-state index >= 15 is 0 Å². The van der Waals surface area contributed by atoms with E-state index in [1.807, 2.05) is 0 Å². The maximum Gasteiger partial charge on any atom is 0.0660 e. The molecule has 2 heteroatoms. The second-order valence-electron chi connectivity index (χ2n) is 1.70. The van der Waals surface area contributed by atoms with Crippen molar-refractivity contribution >= 4 is 22.6 Å². The minimum absolute atomic E-state index is 0.518. The van der Waals surface area contributed by atoms with Crippen molar-refractivity contribution in [3.63, 3.8) is 0 Å². The molecule has 0 aromatic rings. The number of hydrogen-bond donors (Lipinski definition) is 1. The van der Waals surface area contributed by atoms with Crippen LogP contribution in [-0.2, 0) is 0 Å². The van der Waals surface area contributed by atoms with Crippen molar-refractivity contribution < 1.29 is 0 Å². The first-order chi connectivity index (χ1) is 3.13. The van der Waals surface area contributed by atoms with E-state index in [1.165, 1.54) is 0 Å². The van der Waals surface area contributed by atoms with Crippen molar-refractivity contribution in [3.8, 4) is 0 Å². The lowest BCUT2D eigenvalue weighted by molar-refractivity contribution is 0.700. The fourth-order valence-electron chi connectivity index (χ4n) is 0.313. The summed E-state index contributed by atoms with van der Waals surface area (Å²) in [7, 11) is 0. The van der Waals surface area contributed by atoms with E-state index in [4.69, 9.17) is 0 Å². The van der Waals surface area contributed by atoms with Gasteiger partial charge in [0.15, 0.2) is 0 Å². The van der Waals surface area contributed by atoms with E-state index in [9.17, 15) is 0 Å². The van der Waals surface area contributed by atoms with Gasteiger partial charge >= 0.3 is 0 Å². The standard InChI is InChI=1S/C5H10IN/c1-4(2)7-5(3)6/h4,7H,3H2,1-2H3. The second-order valence-corrected chi connectivity index (χ2v) is 3.01. The zero-order valence-corrected chi connectivity index (χ0v) is 6.82. The van der Waals surface area contributed by atoms with E-state index in [0.717, 1.165) is 3.70 Å². The monoisotopic (exact) mass is 211 g/mol. The van der Waals surface area contributed by atoms with Crippen molar-refractivity contribution in [3.05, 3.63) is 10.3 Å². The molecule has 0 bridgehead atoms. The highest BCUT2D eigenvalue weighted by Crippen LogP contribution is 1.96. The Hall–Kier alpha value is 0.270. The first-order valence-corrected chi connectivity index (χ1v) is 3.31. The lowest BCUT2D eigenvalue weighted by atomic mass is 10.4. The van der Waals surface area contributed by atoms with Gasteiger partial charge in [-0.2, -0.15) is 0 Å². The third-order valence-corrected chi connectivity index (χ3v) is 0.757. The number of nitrogens with one attached hydrogen (secondary N) is 1. The Morgan fingerprint density at radius 1 is 1.71 bits per heavy atom. The molecule has 0 aliphatic rings. The summed E-state index contributed by atoms with van der Waals surface area (Å²) >= 11 is 2.15. The van der Waals surface area contributed by atoms with Gasteiger partial charge in [-0.3, -0.25) is 0 Å². The van der Waals surface area contributed by atoms with E-state index in [0.29, 0.717) is 6.04 Å². The molecule has 0 aromatic heterocycles. The molecule has 0 spiro atoms. The normalized spacial score (nSPS) is 9.14. The molecule has 0 aliphatic heterocycles. The number of halogens is 1. The highest BCUT2D eigenvalue weighted by atomic mass is 127. The van der Waals surface area contributed by atoms with Crippen LogP contribution in [0.4, 0.5) is 0 Å². The first kappa shape index (κ1) is 7.27. The summed E-state index contributed by atoms with van der Waals surface area (Å²) in [5, 5.41) is 3.10.